The summed E-state index contributed by atoms with van der Waals surface area (Å²) in [7, 11) is 0. The average molecular weight is 340 g/mol. The maximum absolute atomic E-state index is 12.4. The van der Waals surface area contributed by atoms with E-state index in [9.17, 15) is 14.7 Å². The fourth-order valence-corrected chi connectivity index (χ4v) is 3.57. The third-order valence-electron chi connectivity index (χ3n) is 3.86. The minimum absolute atomic E-state index is 0.357. The number of nitrogens with two attached hydrogens (primary N) is 1. The summed E-state index contributed by atoms with van der Waals surface area (Å²) in [4.78, 5) is 25.8. The van der Waals surface area contributed by atoms with E-state index in [0.717, 1.165) is 0 Å². The van der Waals surface area contributed by atoms with Gasteiger partial charge in [0.15, 0.2) is 0 Å². The highest BCUT2D eigenvalue weighted by Crippen LogP contribution is 2.32. The predicted molar refractivity (Wildman–Crippen MR) is 87.9 cm³/mol. The molecule has 7 heteroatoms. The first-order valence-electron chi connectivity index (χ1n) is 7.70. The van der Waals surface area contributed by atoms with Gasteiger partial charge in [-0.25, -0.2) is 0 Å². The number of hydrogen-bond acceptors (Lipinski definition) is 6. The zero-order chi connectivity index (χ0) is 17.2. The molecule has 0 amide bonds. The number of ether oxygens (including phenoxy) is 1. The van der Waals surface area contributed by atoms with Crippen molar-refractivity contribution in [1.29, 1.82) is 0 Å². The molecule has 2 rings (SSSR count). The number of aliphatic carboxylic acids is 1. The van der Waals surface area contributed by atoms with Crippen LogP contribution in [0.5, 0.6) is 0 Å². The molecule has 1 aliphatic heterocycles. The van der Waals surface area contributed by atoms with E-state index in [1.807, 2.05) is 31.5 Å². The van der Waals surface area contributed by atoms with Crippen molar-refractivity contribution in [1.82, 2.24) is 4.90 Å². The summed E-state index contributed by atoms with van der Waals surface area (Å²) in [6.07, 6.45) is 0.660. The molecular weight excluding hydrogens is 316 g/mol. The van der Waals surface area contributed by atoms with E-state index >= 15 is 0 Å². The number of carboxylic acid groups (broad SMARTS) is 1. The molecule has 1 saturated heterocycles. The molecule has 2 heterocycles. The SMILES string of the molecule is CC(C)(C)OC(=O)[C@H]1CCCN([C@H](C(=O)O)c2ccsc2)[C@H]1N. The second-order valence-corrected chi connectivity index (χ2v) is 7.59. The van der Waals surface area contributed by atoms with Crippen molar-refractivity contribution in [3.63, 3.8) is 0 Å². The molecule has 6 nitrogen and oxygen atoms in total. The lowest BCUT2D eigenvalue weighted by atomic mass is 9.92. The number of carbonyl (C=O) groups excluding carboxylic acids is 1. The minimum Gasteiger partial charge on any atom is -0.480 e. The number of hydrogen-bond donors (Lipinski definition) is 2. The Morgan fingerprint density at radius 3 is 2.70 bits per heavy atom. The van der Waals surface area contributed by atoms with Gasteiger partial charge in [-0.1, -0.05) is 0 Å². The standard InChI is InChI=1S/C16H24N2O4S/c1-16(2,3)22-15(21)11-5-4-7-18(13(11)17)12(14(19)20)10-6-8-23-9-10/h6,8-9,11-13H,4-5,7,17H2,1-3H3,(H,19,20)/t11-,12-,13+/m0/s1. The quantitative estimate of drug-likeness (QED) is 0.816. The van der Waals surface area contributed by atoms with Gasteiger partial charge in [0, 0.05) is 6.54 Å². The van der Waals surface area contributed by atoms with Crippen LogP contribution in [0.3, 0.4) is 0 Å². The Morgan fingerprint density at radius 2 is 2.17 bits per heavy atom. The summed E-state index contributed by atoms with van der Waals surface area (Å²) >= 11 is 1.44. The number of thiophene rings is 1. The van der Waals surface area contributed by atoms with Gasteiger partial charge in [-0.3, -0.25) is 14.5 Å². The second kappa shape index (κ2) is 6.98. The summed E-state index contributed by atoms with van der Waals surface area (Å²) in [6.45, 7) is 5.97. The second-order valence-electron chi connectivity index (χ2n) is 6.81. The minimum atomic E-state index is -0.955. The molecule has 0 aliphatic carbocycles. The number of carbonyl (C=O) groups is 2. The molecule has 0 radical (unpaired) electrons. The summed E-state index contributed by atoms with van der Waals surface area (Å²) in [5.74, 6) is -1.82. The van der Waals surface area contributed by atoms with E-state index in [2.05, 4.69) is 0 Å². The molecule has 1 aliphatic rings. The van der Waals surface area contributed by atoms with Crippen molar-refractivity contribution in [3.05, 3.63) is 22.4 Å². The maximum Gasteiger partial charge on any atom is 0.325 e. The molecule has 0 unspecified atom stereocenters. The highest BCUT2D eigenvalue weighted by atomic mass is 32.1. The molecule has 0 aromatic carbocycles. The van der Waals surface area contributed by atoms with Gasteiger partial charge in [-0.15, -0.1) is 0 Å². The summed E-state index contributed by atoms with van der Waals surface area (Å²) in [5, 5.41) is 13.3. The molecule has 23 heavy (non-hydrogen) atoms. The number of carboxylic acids is 1. The van der Waals surface area contributed by atoms with E-state index in [1.54, 1.807) is 11.0 Å². The zero-order valence-corrected chi connectivity index (χ0v) is 14.5. The van der Waals surface area contributed by atoms with Gasteiger partial charge in [0.05, 0.1) is 12.1 Å². The zero-order valence-electron chi connectivity index (χ0n) is 13.7. The largest absolute Gasteiger partial charge is 0.480 e. The van der Waals surface area contributed by atoms with E-state index in [1.165, 1.54) is 11.3 Å². The molecule has 1 aromatic rings. The van der Waals surface area contributed by atoms with Crippen LogP contribution in [0, 0.1) is 5.92 Å². The van der Waals surface area contributed by atoms with Crippen LogP contribution in [0.15, 0.2) is 16.8 Å². The van der Waals surface area contributed by atoms with Gasteiger partial charge in [0.1, 0.15) is 11.6 Å². The number of esters is 1. The fraction of sp³-hybridized carbons (Fsp3) is 0.625. The normalized spacial score (nSPS) is 24.2. The molecule has 0 bridgehead atoms. The Labute approximate surface area is 140 Å². The lowest BCUT2D eigenvalue weighted by Crippen LogP contribution is -2.56. The number of rotatable bonds is 4. The van der Waals surface area contributed by atoms with Crippen molar-refractivity contribution in [3.8, 4) is 0 Å². The molecular formula is C16H24N2O4S. The summed E-state index contributed by atoms with van der Waals surface area (Å²) in [6, 6.07) is 0.953. The molecule has 1 aromatic heterocycles. The molecule has 3 atom stereocenters. The van der Waals surface area contributed by atoms with Crippen LogP contribution in [0.1, 0.15) is 45.2 Å². The third kappa shape index (κ3) is 4.31. The van der Waals surface area contributed by atoms with Crippen molar-refractivity contribution >= 4 is 23.3 Å². The topological polar surface area (TPSA) is 92.9 Å². The van der Waals surface area contributed by atoms with Crippen LogP contribution in [0.4, 0.5) is 0 Å². The first kappa shape index (κ1) is 17.9. The van der Waals surface area contributed by atoms with E-state index in [0.29, 0.717) is 24.9 Å². The Balaban J connectivity index is 2.19. The average Bonchev–Trinajstić information content (AvgIpc) is 2.92. The lowest BCUT2D eigenvalue weighted by molar-refractivity contribution is -0.167. The Hall–Kier alpha value is -1.44. The first-order valence-corrected chi connectivity index (χ1v) is 8.64. The molecule has 0 saturated carbocycles. The molecule has 1 fully saturated rings. The van der Waals surface area contributed by atoms with Gasteiger partial charge in [0.2, 0.25) is 0 Å². The highest BCUT2D eigenvalue weighted by molar-refractivity contribution is 7.08. The summed E-state index contributed by atoms with van der Waals surface area (Å²) in [5.41, 5.74) is 6.37. The molecule has 128 valence electrons. The number of piperidine rings is 1. The Morgan fingerprint density at radius 1 is 1.48 bits per heavy atom. The Bertz CT molecular complexity index is 553. The van der Waals surface area contributed by atoms with Gasteiger partial charge in [0.25, 0.3) is 0 Å². The highest BCUT2D eigenvalue weighted by Gasteiger charge is 2.41. The number of likely N-dealkylation sites (tertiary alicyclic amines) is 1. The van der Waals surface area contributed by atoms with E-state index in [-0.39, 0.29) is 5.97 Å². The predicted octanol–water partition coefficient (Wildman–Crippen LogP) is 2.21. The molecule has 0 spiro atoms. The first-order chi connectivity index (χ1) is 10.7. The van der Waals surface area contributed by atoms with Crippen LogP contribution < -0.4 is 5.73 Å². The van der Waals surface area contributed by atoms with Gasteiger partial charge >= 0.3 is 11.9 Å². The van der Waals surface area contributed by atoms with Crippen LogP contribution in [-0.2, 0) is 14.3 Å². The summed E-state index contributed by atoms with van der Waals surface area (Å²) < 4.78 is 5.44. The van der Waals surface area contributed by atoms with E-state index < -0.39 is 29.7 Å². The monoisotopic (exact) mass is 340 g/mol. The van der Waals surface area contributed by atoms with Gasteiger partial charge in [-0.2, -0.15) is 11.3 Å². The van der Waals surface area contributed by atoms with Crippen molar-refractivity contribution in [2.45, 2.75) is 51.4 Å². The van der Waals surface area contributed by atoms with Gasteiger partial charge in [-0.05, 0) is 56.0 Å². The smallest absolute Gasteiger partial charge is 0.325 e. The molecule has 3 N–H and O–H groups in total. The lowest BCUT2D eigenvalue weighted by Gasteiger charge is -2.41. The van der Waals surface area contributed by atoms with Gasteiger partial charge < -0.3 is 15.6 Å². The fourth-order valence-electron chi connectivity index (χ4n) is 2.89. The van der Waals surface area contributed by atoms with Crippen LogP contribution >= 0.6 is 11.3 Å². The van der Waals surface area contributed by atoms with Crippen molar-refractivity contribution in [2.24, 2.45) is 11.7 Å². The maximum atomic E-state index is 12.4. The van der Waals surface area contributed by atoms with Crippen LogP contribution in [0.2, 0.25) is 0 Å². The van der Waals surface area contributed by atoms with Crippen LogP contribution in [0.25, 0.3) is 0 Å². The van der Waals surface area contributed by atoms with Crippen molar-refractivity contribution in [2.75, 3.05) is 6.54 Å². The Kier molecular flexibility index (Phi) is 5.44. The number of nitrogens with zero attached hydrogens (tertiary/aromatic N) is 1. The van der Waals surface area contributed by atoms with E-state index in [4.69, 9.17) is 10.5 Å². The third-order valence-corrected chi connectivity index (χ3v) is 4.56. The van der Waals surface area contributed by atoms with Crippen LogP contribution in [-0.4, -0.2) is 40.3 Å². The van der Waals surface area contributed by atoms with Crippen molar-refractivity contribution < 1.29 is 19.4 Å².